The van der Waals surface area contributed by atoms with Gasteiger partial charge in [-0.3, -0.25) is 0 Å². The Morgan fingerprint density at radius 2 is 1.93 bits per heavy atom. The van der Waals surface area contributed by atoms with Crippen LogP contribution < -0.4 is 5.32 Å². The highest BCUT2D eigenvalue weighted by molar-refractivity contribution is 9.11. The molecule has 0 bridgehead atoms. The minimum absolute atomic E-state index is 0.0249. The molecular formula is C11H15Br2NO. The Balaban J connectivity index is 2.85. The number of nitrogens with one attached hydrogen (secondary N) is 1. The van der Waals surface area contributed by atoms with Crippen molar-refractivity contribution in [3.8, 4) is 0 Å². The number of aliphatic hydroxyl groups is 1. The minimum atomic E-state index is -0.748. The second kappa shape index (κ2) is 4.85. The van der Waals surface area contributed by atoms with Gasteiger partial charge >= 0.3 is 0 Å². The highest BCUT2D eigenvalue weighted by atomic mass is 79.9. The van der Waals surface area contributed by atoms with E-state index in [0.29, 0.717) is 0 Å². The lowest BCUT2D eigenvalue weighted by molar-refractivity contribution is 0.0649. The van der Waals surface area contributed by atoms with Crippen LogP contribution in [-0.2, 0) is 0 Å². The summed E-state index contributed by atoms with van der Waals surface area (Å²) in [6.45, 7) is 5.53. The van der Waals surface area contributed by atoms with E-state index < -0.39 is 5.60 Å². The number of hydrogen-bond donors (Lipinski definition) is 2. The summed E-state index contributed by atoms with van der Waals surface area (Å²) in [4.78, 5) is 0. The molecule has 1 unspecified atom stereocenters. The summed E-state index contributed by atoms with van der Waals surface area (Å²) >= 11 is 6.87. The lowest BCUT2D eigenvalue weighted by Crippen LogP contribution is -2.39. The molecule has 0 aromatic heterocycles. The van der Waals surface area contributed by atoms with E-state index in [1.165, 1.54) is 0 Å². The Labute approximate surface area is 107 Å². The van der Waals surface area contributed by atoms with Gasteiger partial charge in [-0.1, -0.05) is 15.9 Å². The summed E-state index contributed by atoms with van der Waals surface area (Å²) in [5.41, 5.74) is 0.223. The molecular weight excluding hydrogens is 322 g/mol. The maximum absolute atomic E-state index is 9.82. The zero-order valence-electron chi connectivity index (χ0n) is 9.01. The number of anilines is 1. The molecule has 0 aliphatic heterocycles. The third-order valence-corrected chi connectivity index (χ3v) is 3.54. The van der Waals surface area contributed by atoms with Crippen molar-refractivity contribution in [1.82, 2.24) is 0 Å². The predicted octanol–water partition coefficient (Wildman–Crippen LogP) is 3.78. The van der Waals surface area contributed by atoms with Gasteiger partial charge in [0.05, 0.1) is 11.6 Å². The number of rotatable bonds is 3. The van der Waals surface area contributed by atoms with Crippen LogP contribution >= 0.6 is 31.9 Å². The minimum Gasteiger partial charge on any atom is -0.388 e. The van der Waals surface area contributed by atoms with Gasteiger partial charge in [-0.2, -0.15) is 0 Å². The summed E-state index contributed by atoms with van der Waals surface area (Å²) in [7, 11) is 0. The lowest BCUT2D eigenvalue weighted by atomic mass is 10.0. The Morgan fingerprint density at radius 3 is 2.47 bits per heavy atom. The van der Waals surface area contributed by atoms with Crippen molar-refractivity contribution in [1.29, 1.82) is 0 Å². The Bertz CT molecular complexity index is 347. The van der Waals surface area contributed by atoms with Crippen LogP contribution in [0.5, 0.6) is 0 Å². The summed E-state index contributed by atoms with van der Waals surface area (Å²) in [6.07, 6.45) is 0. The van der Waals surface area contributed by atoms with Crippen LogP contribution in [0.3, 0.4) is 0 Å². The Kier molecular flexibility index (Phi) is 4.20. The third kappa shape index (κ3) is 3.78. The van der Waals surface area contributed by atoms with Gasteiger partial charge in [0.1, 0.15) is 0 Å². The van der Waals surface area contributed by atoms with Crippen molar-refractivity contribution < 1.29 is 5.11 Å². The maximum Gasteiger partial charge on any atom is 0.0789 e. The normalized spacial score (nSPS) is 13.7. The van der Waals surface area contributed by atoms with Crippen LogP contribution in [0.25, 0.3) is 0 Å². The van der Waals surface area contributed by atoms with Gasteiger partial charge < -0.3 is 10.4 Å². The molecule has 1 aromatic rings. The van der Waals surface area contributed by atoms with Crippen LogP contribution in [0.2, 0.25) is 0 Å². The van der Waals surface area contributed by atoms with E-state index in [9.17, 15) is 5.11 Å². The number of hydrogen-bond acceptors (Lipinski definition) is 2. The molecule has 0 aliphatic carbocycles. The van der Waals surface area contributed by atoms with E-state index in [-0.39, 0.29) is 6.04 Å². The molecule has 84 valence electrons. The van der Waals surface area contributed by atoms with E-state index >= 15 is 0 Å². The van der Waals surface area contributed by atoms with Gasteiger partial charge in [0, 0.05) is 14.6 Å². The van der Waals surface area contributed by atoms with Gasteiger partial charge in [-0.15, -0.1) is 0 Å². The smallest absolute Gasteiger partial charge is 0.0789 e. The van der Waals surface area contributed by atoms with Gasteiger partial charge in [0.15, 0.2) is 0 Å². The van der Waals surface area contributed by atoms with E-state index in [1.54, 1.807) is 13.8 Å². The van der Waals surface area contributed by atoms with Crippen molar-refractivity contribution in [3.63, 3.8) is 0 Å². The molecule has 0 saturated carbocycles. The first-order valence-corrected chi connectivity index (χ1v) is 6.33. The highest BCUT2D eigenvalue weighted by Gasteiger charge is 2.22. The van der Waals surface area contributed by atoms with Crippen LogP contribution in [0.1, 0.15) is 20.8 Å². The third-order valence-electron chi connectivity index (χ3n) is 2.36. The fraction of sp³-hybridized carbons (Fsp3) is 0.455. The first-order valence-electron chi connectivity index (χ1n) is 4.74. The second-order valence-corrected chi connectivity index (χ2v) is 5.91. The number of halogens is 2. The fourth-order valence-electron chi connectivity index (χ4n) is 1.02. The SMILES string of the molecule is CC(Nc1cc(Br)ccc1Br)C(C)(C)O. The van der Waals surface area contributed by atoms with Crippen molar-refractivity contribution in [2.45, 2.75) is 32.4 Å². The molecule has 4 heteroatoms. The average molecular weight is 337 g/mol. The van der Waals surface area contributed by atoms with Gasteiger partial charge in [0.25, 0.3) is 0 Å². The molecule has 0 spiro atoms. The molecule has 1 atom stereocenters. The van der Waals surface area contributed by atoms with Gasteiger partial charge in [0.2, 0.25) is 0 Å². The van der Waals surface area contributed by atoms with E-state index in [4.69, 9.17) is 0 Å². The van der Waals surface area contributed by atoms with Crippen LogP contribution in [0.15, 0.2) is 27.1 Å². The topological polar surface area (TPSA) is 32.3 Å². The quantitative estimate of drug-likeness (QED) is 0.880. The largest absolute Gasteiger partial charge is 0.388 e. The van der Waals surface area contributed by atoms with Gasteiger partial charge in [-0.05, 0) is 54.9 Å². The summed E-state index contributed by atoms with van der Waals surface area (Å²) in [5.74, 6) is 0. The molecule has 0 aliphatic rings. The first kappa shape index (κ1) is 13.0. The molecule has 1 rings (SSSR count). The van der Waals surface area contributed by atoms with Crippen molar-refractivity contribution in [2.75, 3.05) is 5.32 Å². The monoisotopic (exact) mass is 335 g/mol. The highest BCUT2D eigenvalue weighted by Crippen LogP contribution is 2.28. The lowest BCUT2D eigenvalue weighted by Gasteiger charge is -2.28. The van der Waals surface area contributed by atoms with Gasteiger partial charge in [-0.25, -0.2) is 0 Å². The van der Waals surface area contributed by atoms with Crippen molar-refractivity contribution in [2.24, 2.45) is 0 Å². The predicted molar refractivity (Wildman–Crippen MR) is 71.2 cm³/mol. The van der Waals surface area contributed by atoms with E-state index in [1.807, 2.05) is 25.1 Å². The second-order valence-electron chi connectivity index (χ2n) is 4.14. The van der Waals surface area contributed by atoms with Crippen molar-refractivity contribution >= 4 is 37.5 Å². The Hall–Kier alpha value is -0.0600. The molecule has 15 heavy (non-hydrogen) atoms. The summed E-state index contributed by atoms with van der Waals surface area (Å²) in [6, 6.07) is 5.88. The summed E-state index contributed by atoms with van der Waals surface area (Å²) in [5, 5.41) is 13.1. The number of benzene rings is 1. The van der Waals surface area contributed by atoms with Crippen molar-refractivity contribution in [3.05, 3.63) is 27.1 Å². The van der Waals surface area contributed by atoms with E-state index in [2.05, 4.69) is 37.2 Å². The van der Waals surface area contributed by atoms with E-state index in [0.717, 1.165) is 14.6 Å². The molecule has 0 radical (unpaired) electrons. The maximum atomic E-state index is 9.82. The molecule has 2 nitrogen and oxygen atoms in total. The fourth-order valence-corrected chi connectivity index (χ4v) is 1.74. The molecule has 0 amide bonds. The standard InChI is InChI=1S/C11H15Br2NO/c1-7(11(2,3)15)14-10-6-8(12)4-5-9(10)13/h4-7,14-15H,1-3H3. The zero-order chi connectivity index (χ0) is 11.6. The molecule has 2 N–H and O–H groups in total. The first-order chi connectivity index (χ1) is 6.80. The Morgan fingerprint density at radius 1 is 1.33 bits per heavy atom. The zero-order valence-corrected chi connectivity index (χ0v) is 12.2. The summed E-state index contributed by atoms with van der Waals surface area (Å²) < 4.78 is 2.00. The van der Waals surface area contributed by atoms with Crippen LogP contribution in [-0.4, -0.2) is 16.7 Å². The molecule has 0 saturated heterocycles. The molecule has 0 heterocycles. The van der Waals surface area contributed by atoms with Crippen LogP contribution in [0, 0.1) is 0 Å². The average Bonchev–Trinajstić information content (AvgIpc) is 2.09. The molecule has 1 aromatic carbocycles. The molecule has 0 fully saturated rings. The van der Waals surface area contributed by atoms with Crippen LogP contribution in [0.4, 0.5) is 5.69 Å².